The van der Waals surface area contributed by atoms with Crippen LogP contribution in [0.3, 0.4) is 0 Å². The van der Waals surface area contributed by atoms with E-state index in [0.29, 0.717) is 12.1 Å². The third-order valence-electron chi connectivity index (χ3n) is 3.89. The van der Waals surface area contributed by atoms with Crippen molar-refractivity contribution in [3.63, 3.8) is 0 Å². The van der Waals surface area contributed by atoms with Crippen LogP contribution < -0.4 is 5.32 Å². The Balaban J connectivity index is 1.66. The van der Waals surface area contributed by atoms with Crippen molar-refractivity contribution in [3.8, 4) is 11.1 Å². The summed E-state index contributed by atoms with van der Waals surface area (Å²) in [6.07, 6.45) is 4.21. The van der Waals surface area contributed by atoms with Crippen LogP contribution in [-0.4, -0.2) is 17.4 Å². The van der Waals surface area contributed by atoms with Gasteiger partial charge in [0.2, 0.25) is 0 Å². The second kappa shape index (κ2) is 7.55. The van der Waals surface area contributed by atoms with Gasteiger partial charge in [0, 0.05) is 24.5 Å². The molecule has 0 saturated carbocycles. The molecule has 3 nitrogen and oxygen atoms in total. The molecule has 0 aliphatic heterocycles. The quantitative estimate of drug-likeness (QED) is 0.772. The average molecular weight is 316 g/mol. The number of nitrogens with zero attached hydrogens (tertiary/aromatic N) is 1. The van der Waals surface area contributed by atoms with Crippen molar-refractivity contribution in [2.24, 2.45) is 0 Å². The molecule has 0 radical (unpaired) electrons. The lowest BCUT2D eigenvalue weighted by molar-refractivity contribution is 0.0954. The first-order valence-electron chi connectivity index (χ1n) is 8.06. The molecular weight excluding hydrogens is 296 g/mol. The Bertz CT molecular complexity index is 828. The maximum atomic E-state index is 12.3. The number of carbonyl (C=O) groups is 1. The molecule has 0 aliphatic carbocycles. The maximum absolute atomic E-state index is 12.3. The molecule has 0 aliphatic rings. The van der Waals surface area contributed by atoms with E-state index < -0.39 is 0 Å². The van der Waals surface area contributed by atoms with E-state index >= 15 is 0 Å². The van der Waals surface area contributed by atoms with Crippen molar-refractivity contribution in [1.82, 2.24) is 10.3 Å². The van der Waals surface area contributed by atoms with Crippen LogP contribution in [0.1, 0.15) is 21.5 Å². The van der Waals surface area contributed by atoms with Gasteiger partial charge in [-0.2, -0.15) is 0 Å². The van der Waals surface area contributed by atoms with Gasteiger partial charge in [0.15, 0.2) is 0 Å². The number of nitrogens with one attached hydrogen (secondary N) is 1. The van der Waals surface area contributed by atoms with E-state index in [-0.39, 0.29) is 5.91 Å². The zero-order valence-electron chi connectivity index (χ0n) is 13.7. The molecule has 1 heterocycles. The lowest BCUT2D eigenvalue weighted by Gasteiger charge is -2.07. The maximum Gasteiger partial charge on any atom is 0.252 e. The van der Waals surface area contributed by atoms with Crippen LogP contribution in [0.5, 0.6) is 0 Å². The van der Waals surface area contributed by atoms with E-state index in [1.807, 2.05) is 36.4 Å². The van der Waals surface area contributed by atoms with Crippen molar-refractivity contribution >= 4 is 5.91 Å². The molecule has 24 heavy (non-hydrogen) atoms. The molecule has 0 bridgehead atoms. The second-order valence-electron chi connectivity index (χ2n) is 5.82. The van der Waals surface area contributed by atoms with Crippen LogP contribution in [0.4, 0.5) is 0 Å². The Labute approximate surface area is 142 Å². The van der Waals surface area contributed by atoms with Gasteiger partial charge in [-0.05, 0) is 30.5 Å². The van der Waals surface area contributed by atoms with Gasteiger partial charge in [0.25, 0.3) is 5.91 Å². The Morgan fingerprint density at radius 1 is 0.958 bits per heavy atom. The van der Waals surface area contributed by atoms with Crippen molar-refractivity contribution in [2.75, 3.05) is 6.54 Å². The predicted octanol–water partition coefficient (Wildman–Crippen LogP) is 4.03. The zero-order valence-corrected chi connectivity index (χ0v) is 13.7. The fourth-order valence-corrected chi connectivity index (χ4v) is 2.61. The average Bonchev–Trinajstić information content (AvgIpc) is 2.63. The number of aromatic nitrogens is 1. The lowest BCUT2D eigenvalue weighted by Crippen LogP contribution is -2.25. The van der Waals surface area contributed by atoms with Gasteiger partial charge in [-0.1, -0.05) is 60.2 Å². The highest BCUT2D eigenvalue weighted by Gasteiger charge is 2.08. The molecule has 0 atom stereocenters. The first-order chi connectivity index (χ1) is 11.7. The number of carbonyl (C=O) groups excluding carboxylic acids is 1. The van der Waals surface area contributed by atoms with E-state index in [1.165, 1.54) is 11.1 Å². The minimum Gasteiger partial charge on any atom is -0.352 e. The summed E-state index contributed by atoms with van der Waals surface area (Å²) in [5.74, 6) is -0.0899. The summed E-state index contributed by atoms with van der Waals surface area (Å²) in [4.78, 5) is 16.6. The highest BCUT2D eigenvalue weighted by molar-refractivity contribution is 5.95. The summed E-state index contributed by atoms with van der Waals surface area (Å²) in [5, 5.41) is 2.96. The van der Waals surface area contributed by atoms with E-state index in [1.54, 1.807) is 12.4 Å². The van der Waals surface area contributed by atoms with Gasteiger partial charge in [0.1, 0.15) is 0 Å². The molecule has 1 amide bonds. The zero-order chi connectivity index (χ0) is 16.8. The molecule has 120 valence electrons. The standard InChI is InChI=1S/C21H20N2O/c1-16-6-5-9-18(12-16)19-13-20(15-22-14-19)21(24)23-11-10-17-7-3-2-4-8-17/h2-9,12-15H,10-11H2,1H3,(H,23,24). The number of hydrogen-bond acceptors (Lipinski definition) is 2. The van der Waals surface area contributed by atoms with Crippen LogP contribution >= 0.6 is 0 Å². The molecule has 3 heteroatoms. The Morgan fingerprint density at radius 2 is 1.79 bits per heavy atom. The molecule has 0 fully saturated rings. The van der Waals surface area contributed by atoms with E-state index in [0.717, 1.165) is 17.5 Å². The Hall–Kier alpha value is -2.94. The topological polar surface area (TPSA) is 42.0 Å². The van der Waals surface area contributed by atoms with Crippen molar-refractivity contribution in [1.29, 1.82) is 0 Å². The molecule has 2 aromatic carbocycles. The van der Waals surface area contributed by atoms with Crippen LogP contribution in [0.15, 0.2) is 73.1 Å². The molecule has 0 spiro atoms. The van der Waals surface area contributed by atoms with Crippen LogP contribution in [0, 0.1) is 6.92 Å². The SMILES string of the molecule is Cc1cccc(-c2cncc(C(=O)NCCc3ccccc3)c2)c1. The molecule has 3 rings (SSSR count). The fraction of sp³-hybridized carbons (Fsp3) is 0.143. The monoisotopic (exact) mass is 316 g/mol. The van der Waals surface area contributed by atoms with Gasteiger partial charge in [-0.3, -0.25) is 9.78 Å². The summed E-state index contributed by atoms with van der Waals surface area (Å²) in [7, 11) is 0. The molecule has 0 saturated heterocycles. The largest absolute Gasteiger partial charge is 0.352 e. The third kappa shape index (κ3) is 4.07. The Kier molecular flexibility index (Phi) is 5.02. The van der Waals surface area contributed by atoms with E-state index in [2.05, 4.69) is 41.5 Å². The summed E-state index contributed by atoms with van der Waals surface area (Å²) >= 11 is 0. The van der Waals surface area contributed by atoms with Crippen molar-refractivity contribution in [2.45, 2.75) is 13.3 Å². The van der Waals surface area contributed by atoms with Crippen molar-refractivity contribution in [3.05, 3.63) is 89.7 Å². The van der Waals surface area contributed by atoms with E-state index in [9.17, 15) is 4.79 Å². The summed E-state index contributed by atoms with van der Waals surface area (Å²) in [6.45, 7) is 2.66. The summed E-state index contributed by atoms with van der Waals surface area (Å²) in [5.41, 5.74) is 5.01. The van der Waals surface area contributed by atoms with Gasteiger partial charge in [-0.15, -0.1) is 0 Å². The normalized spacial score (nSPS) is 10.4. The number of rotatable bonds is 5. The lowest BCUT2D eigenvalue weighted by atomic mass is 10.0. The van der Waals surface area contributed by atoms with Gasteiger partial charge >= 0.3 is 0 Å². The summed E-state index contributed by atoms with van der Waals surface area (Å²) < 4.78 is 0. The highest BCUT2D eigenvalue weighted by Crippen LogP contribution is 2.20. The fourth-order valence-electron chi connectivity index (χ4n) is 2.61. The smallest absolute Gasteiger partial charge is 0.252 e. The van der Waals surface area contributed by atoms with Gasteiger partial charge in [0.05, 0.1) is 5.56 Å². The van der Waals surface area contributed by atoms with Crippen LogP contribution in [0.25, 0.3) is 11.1 Å². The molecule has 3 aromatic rings. The number of pyridine rings is 1. The van der Waals surface area contributed by atoms with Crippen LogP contribution in [-0.2, 0) is 6.42 Å². The van der Waals surface area contributed by atoms with E-state index in [4.69, 9.17) is 0 Å². The summed E-state index contributed by atoms with van der Waals surface area (Å²) in [6, 6.07) is 20.2. The number of amides is 1. The number of benzene rings is 2. The first kappa shape index (κ1) is 15.9. The molecule has 0 unspecified atom stereocenters. The predicted molar refractivity (Wildman–Crippen MR) is 96.9 cm³/mol. The Morgan fingerprint density at radius 3 is 2.58 bits per heavy atom. The minimum absolute atomic E-state index is 0.0899. The highest BCUT2D eigenvalue weighted by atomic mass is 16.1. The third-order valence-corrected chi connectivity index (χ3v) is 3.89. The van der Waals surface area contributed by atoms with Gasteiger partial charge < -0.3 is 5.32 Å². The number of aryl methyl sites for hydroxylation is 1. The van der Waals surface area contributed by atoms with Gasteiger partial charge in [-0.25, -0.2) is 0 Å². The molecule has 1 aromatic heterocycles. The molecule has 1 N–H and O–H groups in total. The van der Waals surface area contributed by atoms with Crippen molar-refractivity contribution < 1.29 is 4.79 Å². The second-order valence-corrected chi connectivity index (χ2v) is 5.82. The number of hydrogen-bond donors (Lipinski definition) is 1. The molecular formula is C21H20N2O. The first-order valence-corrected chi connectivity index (χ1v) is 8.06. The van der Waals surface area contributed by atoms with Crippen LogP contribution in [0.2, 0.25) is 0 Å². The minimum atomic E-state index is -0.0899.